The first-order valence-corrected chi connectivity index (χ1v) is 7.97. The van der Waals surface area contributed by atoms with Gasteiger partial charge in [-0.1, -0.05) is 42.1 Å². The molecule has 2 rings (SSSR count). The van der Waals surface area contributed by atoms with Crippen molar-refractivity contribution in [3.63, 3.8) is 0 Å². The Balaban J connectivity index is 2.31. The highest BCUT2D eigenvalue weighted by molar-refractivity contribution is 7.99. The quantitative estimate of drug-likeness (QED) is 0.823. The van der Waals surface area contributed by atoms with E-state index in [1.807, 2.05) is 31.3 Å². The molecule has 0 fully saturated rings. The van der Waals surface area contributed by atoms with Gasteiger partial charge < -0.3 is 5.32 Å². The third-order valence-corrected chi connectivity index (χ3v) is 4.65. The number of thioether (sulfide) groups is 1. The molecule has 1 atom stereocenters. The van der Waals surface area contributed by atoms with E-state index in [-0.39, 0.29) is 5.25 Å². The number of aromatic nitrogens is 1. The highest BCUT2D eigenvalue weighted by Crippen LogP contribution is 2.38. The molecule has 0 radical (unpaired) electrons. The molecule has 1 aromatic carbocycles. The second-order valence-electron chi connectivity index (χ2n) is 4.93. The number of hydrogen-bond donors (Lipinski definition) is 1. The van der Waals surface area contributed by atoms with Crippen molar-refractivity contribution < 1.29 is 4.39 Å². The van der Waals surface area contributed by atoms with Gasteiger partial charge in [-0.3, -0.25) is 0 Å². The van der Waals surface area contributed by atoms with Crippen molar-refractivity contribution in [3.8, 4) is 6.07 Å². The molecule has 1 aromatic heterocycles. The molecular formula is C17H18FN3S. The zero-order valence-corrected chi connectivity index (χ0v) is 13.5. The summed E-state index contributed by atoms with van der Waals surface area (Å²) in [6.07, 6.45) is 0.897. The van der Waals surface area contributed by atoms with E-state index in [2.05, 4.69) is 22.4 Å². The van der Waals surface area contributed by atoms with Crippen LogP contribution < -0.4 is 5.32 Å². The fourth-order valence-electron chi connectivity index (χ4n) is 2.10. The summed E-state index contributed by atoms with van der Waals surface area (Å²) in [4.78, 5) is 4.26. The summed E-state index contributed by atoms with van der Waals surface area (Å²) < 4.78 is 13.6. The largest absolute Gasteiger partial charge is 0.320 e. The molecule has 0 saturated carbocycles. The first kappa shape index (κ1) is 16.5. The highest BCUT2D eigenvalue weighted by atomic mass is 32.2. The highest BCUT2D eigenvalue weighted by Gasteiger charge is 2.17. The summed E-state index contributed by atoms with van der Waals surface area (Å²) in [7, 11) is 1.91. The Labute approximate surface area is 134 Å². The summed E-state index contributed by atoms with van der Waals surface area (Å²) in [5.41, 5.74) is 1.79. The molecule has 5 heteroatoms. The summed E-state index contributed by atoms with van der Waals surface area (Å²) in [6.45, 7) is 2.47. The van der Waals surface area contributed by atoms with Crippen LogP contribution in [0, 0.1) is 24.1 Å². The van der Waals surface area contributed by atoms with Crippen molar-refractivity contribution >= 4 is 11.8 Å². The molecular weight excluding hydrogens is 297 g/mol. The molecule has 0 spiro atoms. The average Bonchev–Trinajstić information content (AvgIpc) is 2.55. The van der Waals surface area contributed by atoms with E-state index in [0.717, 1.165) is 13.0 Å². The van der Waals surface area contributed by atoms with Crippen LogP contribution in [0.15, 0.2) is 41.4 Å². The van der Waals surface area contributed by atoms with Crippen molar-refractivity contribution in [1.82, 2.24) is 10.3 Å². The molecule has 0 saturated heterocycles. The van der Waals surface area contributed by atoms with Gasteiger partial charge in [0.1, 0.15) is 16.9 Å². The maximum absolute atomic E-state index is 13.6. The predicted molar refractivity (Wildman–Crippen MR) is 87.2 cm³/mol. The lowest BCUT2D eigenvalue weighted by Crippen LogP contribution is -2.11. The molecule has 1 N–H and O–H groups in total. The number of rotatable bonds is 6. The van der Waals surface area contributed by atoms with Crippen molar-refractivity contribution in [3.05, 3.63) is 59.0 Å². The standard InChI is InChI=1S/C17H18FN3S/c1-12-15(18)10-14(11-19)17(21-12)22-16(8-9-20-2)13-6-4-3-5-7-13/h3-7,10,16,20H,8-9H2,1-2H3/t16-/m1/s1. The first-order valence-electron chi connectivity index (χ1n) is 7.09. The smallest absolute Gasteiger partial charge is 0.145 e. The number of nitriles is 1. The Morgan fingerprint density at radius 1 is 1.36 bits per heavy atom. The van der Waals surface area contributed by atoms with Crippen molar-refractivity contribution in [1.29, 1.82) is 5.26 Å². The number of aryl methyl sites for hydroxylation is 1. The second-order valence-corrected chi connectivity index (χ2v) is 6.12. The van der Waals surface area contributed by atoms with Gasteiger partial charge in [0.2, 0.25) is 0 Å². The fraction of sp³-hybridized carbons (Fsp3) is 0.294. The molecule has 22 heavy (non-hydrogen) atoms. The van der Waals surface area contributed by atoms with Crippen LogP contribution in [-0.2, 0) is 0 Å². The van der Waals surface area contributed by atoms with Gasteiger partial charge in [-0.15, -0.1) is 0 Å². The summed E-state index contributed by atoms with van der Waals surface area (Å²) in [5, 5.41) is 13.1. The van der Waals surface area contributed by atoms with Crippen LogP contribution in [0.1, 0.15) is 28.5 Å². The molecule has 2 aromatic rings. The molecule has 0 bridgehead atoms. The molecule has 114 valence electrons. The van der Waals surface area contributed by atoms with Gasteiger partial charge in [-0.05, 0) is 38.6 Å². The SMILES string of the molecule is CNCC[C@@H](Sc1nc(C)c(F)cc1C#N)c1ccccc1. The Kier molecular flexibility index (Phi) is 5.93. The van der Waals surface area contributed by atoms with Crippen molar-refractivity contribution in [2.75, 3.05) is 13.6 Å². The van der Waals surface area contributed by atoms with Gasteiger partial charge in [-0.25, -0.2) is 9.37 Å². The Hall–Kier alpha value is -1.90. The van der Waals surface area contributed by atoms with Gasteiger partial charge in [-0.2, -0.15) is 5.26 Å². The van der Waals surface area contributed by atoms with E-state index in [1.165, 1.54) is 23.4 Å². The minimum atomic E-state index is -0.438. The van der Waals surface area contributed by atoms with Gasteiger partial charge in [0, 0.05) is 5.25 Å². The van der Waals surface area contributed by atoms with Crippen LogP contribution in [-0.4, -0.2) is 18.6 Å². The van der Waals surface area contributed by atoms with E-state index in [4.69, 9.17) is 0 Å². The van der Waals surface area contributed by atoms with Crippen LogP contribution in [0.5, 0.6) is 0 Å². The number of benzene rings is 1. The molecule has 0 unspecified atom stereocenters. The van der Waals surface area contributed by atoms with E-state index < -0.39 is 5.82 Å². The summed E-state index contributed by atoms with van der Waals surface area (Å²) in [5.74, 6) is -0.438. The van der Waals surface area contributed by atoms with Crippen LogP contribution in [0.2, 0.25) is 0 Å². The predicted octanol–water partition coefficient (Wildman–Crippen LogP) is 3.84. The molecule has 0 aliphatic rings. The van der Waals surface area contributed by atoms with Crippen molar-refractivity contribution in [2.45, 2.75) is 23.6 Å². The van der Waals surface area contributed by atoms with Crippen LogP contribution in [0.4, 0.5) is 4.39 Å². The van der Waals surface area contributed by atoms with E-state index in [9.17, 15) is 9.65 Å². The monoisotopic (exact) mass is 315 g/mol. The number of hydrogen-bond acceptors (Lipinski definition) is 4. The van der Waals surface area contributed by atoms with Gasteiger partial charge in [0.15, 0.2) is 0 Å². The number of pyridine rings is 1. The lowest BCUT2D eigenvalue weighted by Gasteiger charge is -2.17. The van der Waals surface area contributed by atoms with Gasteiger partial charge in [0.25, 0.3) is 0 Å². The van der Waals surface area contributed by atoms with Crippen LogP contribution >= 0.6 is 11.8 Å². The van der Waals surface area contributed by atoms with E-state index in [1.54, 1.807) is 6.92 Å². The fourth-order valence-corrected chi connectivity index (χ4v) is 3.32. The van der Waals surface area contributed by atoms with E-state index in [0.29, 0.717) is 16.3 Å². The average molecular weight is 315 g/mol. The number of nitrogens with zero attached hydrogens (tertiary/aromatic N) is 2. The third-order valence-electron chi connectivity index (χ3n) is 3.32. The zero-order chi connectivity index (χ0) is 15.9. The maximum atomic E-state index is 13.6. The second kappa shape index (κ2) is 7.92. The number of halogens is 1. The van der Waals surface area contributed by atoms with Crippen LogP contribution in [0.3, 0.4) is 0 Å². The third kappa shape index (κ3) is 4.06. The Bertz CT molecular complexity index is 668. The first-order chi connectivity index (χ1) is 10.7. The molecule has 3 nitrogen and oxygen atoms in total. The van der Waals surface area contributed by atoms with Crippen LogP contribution in [0.25, 0.3) is 0 Å². The maximum Gasteiger partial charge on any atom is 0.145 e. The topological polar surface area (TPSA) is 48.7 Å². The summed E-state index contributed by atoms with van der Waals surface area (Å²) >= 11 is 1.52. The summed E-state index contributed by atoms with van der Waals surface area (Å²) in [6, 6.07) is 13.4. The minimum absolute atomic E-state index is 0.165. The Morgan fingerprint density at radius 2 is 2.09 bits per heavy atom. The zero-order valence-electron chi connectivity index (χ0n) is 12.6. The molecule has 1 heterocycles. The molecule has 0 aliphatic carbocycles. The minimum Gasteiger partial charge on any atom is -0.320 e. The lowest BCUT2D eigenvalue weighted by atomic mass is 10.1. The normalized spacial score (nSPS) is 11.9. The molecule has 0 amide bonds. The van der Waals surface area contributed by atoms with E-state index >= 15 is 0 Å². The van der Waals surface area contributed by atoms with Gasteiger partial charge in [0.05, 0.1) is 11.3 Å². The molecule has 0 aliphatic heterocycles. The lowest BCUT2D eigenvalue weighted by molar-refractivity contribution is 0.604. The number of nitrogens with one attached hydrogen (secondary N) is 1. The Morgan fingerprint density at radius 3 is 2.73 bits per heavy atom. The van der Waals surface area contributed by atoms with Crippen molar-refractivity contribution in [2.24, 2.45) is 0 Å². The van der Waals surface area contributed by atoms with Gasteiger partial charge >= 0.3 is 0 Å².